The van der Waals surface area contributed by atoms with E-state index in [1.165, 1.54) is 11.8 Å². The molecule has 1 heterocycles. The Hall–Kier alpha value is -2.13. The fourth-order valence-corrected chi connectivity index (χ4v) is 4.37. The highest BCUT2D eigenvalue weighted by molar-refractivity contribution is 5.95. The van der Waals surface area contributed by atoms with Gasteiger partial charge < -0.3 is 20.3 Å². The number of hydrogen-bond donors (Lipinski definition) is 2. The molecule has 10 heteroatoms. The van der Waals surface area contributed by atoms with E-state index in [-0.39, 0.29) is 29.7 Å². The van der Waals surface area contributed by atoms with Gasteiger partial charge in [0.05, 0.1) is 6.04 Å². The molecule has 0 spiro atoms. The fourth-order valence-electron chi connectivity index (χ4n) is 4.37. The molecule has 3 amide bonds. The zero-order valence-corrected chi connectivity index (χ0v) is 15.9. The van der Waals surface area contributed by atoms with E-state index in [4.69, 9.17) is 0 Å². The van der Waals surface area contributed by atoms with E-state index in [0.29, 0.717) is 19.1 Å². The number of aldehydes is 1. The minimum absolute atomic E-state index is 0.0527. The highest BCUT2D eigenvalue weighted by atomic mass is 19.4. The van der Waals surface area contributed by atoms with Gasteiger partial charge in [-0.15, -0.1) is 0 Å². The number of nitrogens with zero attached hydrogens (tertiary/aromatic N) is 1. The summed E-state index contributed by atoms with van der Waals surface area (Å²) in [6.07, 6.45) is -3.44. The predicted molar refractivity (Wildman–Crippen MR) is 90.6 cm³/mol. The maximum atomic E-state index is 13.0. The number of carbonyl (C=O) groups excluding carboxylic acids is 4. The predicted octanol–water partition coefficient (Wildman–Crippen LogP) is 0.630. The van der Waals surface area contributed by atoms with E-state index in [2.05, 4.69) is 5.32 Å². The summed E-state index contributed by atoms with van der Waals surface area (Å²) in [5.41, 5.74) is -0.173. The van der Waals surface area contributed by atoms with Gasteiger partial charge in [0.25, 0.3) is 0 Å². The summed E-state index contributed by atoms with van der Waals surface area (Å²) in [6.45, 7) is 5.68. The maximum absolute atomic E-state index is 13.0. The van der Waals surface area contributed by atoms with Crippen LogP contribution in [-0.2, 0) is 19.2 Å². The Morgan fingerprint density at radius 2 is 1.79 bits per heavy atom. The molecule has 3 fully saturated rings. The average molecular weight is 403 g/mol. The number of carbonyl (C=O) groups is 4. The van der Waals surface area contributed by atoms with E-state index in [1.807, 2.05) is 19.2 Å². The number of piperidine rings is 1. The molecular weight excluding hydrogens is 379 g/mol. The Kier molecular flexibility index (Phi) is 4.95. The third-order valence-electron chi connectivity index (χ3n) is 6.24. The topological polar surface area (TPSA) is 95.6 Å². The first-order valence-corrected chi connectivity index (χ1v) is 9.33. The summed E-state index contributed by atoms with van der Waals surface area (Å²) >= 11 is 0. The third-order valence-corrected chi connectivity index (χ3v) is 6.24. The minimum Gasteiger partial charge on any atom is -0.345 e. The molecule has 0 aromatic rings. The van der Waals surface area contributed by atoms with Crippen LogP contribution in [0.25, 0.3) is 0 Å². The van der Waals surface area contributed by atoms with E-state index in [9.17, 15) is 32.3 Å². The van der Waals surface area contributed by atoms with Crippen LogP contribution in [0.3, 0.4) is 0 Å². The molecule has 28 heavy (non-hydrogen) atoms. The molecule has 2 N–H and O–H groups in total. The lowest BCUT2D eigenvalue weighted by atomic mass is 9.99. The van der Waals surface area contributed by atoms with Crippen LogP contribution in [0, 0.1) is 23.2 Å². The monoisotopic (exact) mass is 403 g/mol. The summed E-state index contributed by atoms with van der Waals surface area (Å²) in [6, 6.07) is -2.90. The van der Waals surface area contributed by atoms with Gasteiger partial charge in [0.2, 0.25) is 11.8 Å². The number of likely N-dealkylation sites (tertiary alicyclic amines) is 1. The molecule has 5 atom stereocenters. The molecule has 0 radical (unpaired) electrons. The van der Waals surface area contributed by atoms with Gasteiger partial charge in [0, 0.05) is 6.54 Å². The molecule has 2 aliphatic carbocycles. The van der Waals surface area contributed by atoms with Crippen LogP contribution < -0.4 is 10.6 Å². The van der Waals surface area contributed by atoms with Crippen molar-refractivity contribution < 1.29 is 32.3 Å². The number of halogens is 3. The lowest BCUT2D eigenvalue weighted by Crippen LogP contribution is -2.58. The number of amides is 3. The van der Waals surface area contributed by atoms with Crippen molar-refractivity contribution in [2.24, 2.45) is 23.2 Å². The van der Waals surface area contributed by atoms with Gasteiger partial charge in [-0.05, 0) is 42.9 Å². The summed E-state index contributed by atoms with van der Waals surface area (Å²) < 4.78 is 38.0. The van der Waals surface area contributed by atoms with Crippen molar-refractivity contribution >= 4 is 24.0 Å². The van der Waals surface area contributed by atoms with Gasteiger partial charge in [-0.3, -0.25) is 14.4 Å². The molecule has 7 nitrogen and oxygen atoms in total. The number of alkyl halides is 3. The average Bonchev–Trinajstić information content (AvgIpc) is 3.46. The van der Waals surface area contributed by atoms with Crippen LogP contribution >= 0.6 is 0 Å². The SMILES string of the molecule is C[C@@H](C=O)NC(=O)[C@@H]1[C@@H]2[C@H](CN1C(=O)[C@@H](NC(=O)C(F)(F)F)C1CC1)C2(C)C. The minimum atomic E-state index is -5.08. The van der Waals surface area contributed by atoms with Gasteiger partial charge in [0.15, 0.2) is 0 Å². The molecule has 0 bridgehead atoms. The number of fused-ring (bicyclic) bond motifs is 1. The lowest BCUT2D eigenvalue weighted by Gasteiger charge is -2.33. The van der Waals surface area contributed by atoms with E-state index < -0.39 is 42.0 Å². The zero-order valence-electron chi connectivity index (χ0n) is 15.9. The quantitative estimate of drug-likeness (QED) is 0.636. The molecular formula is C18H24F3N3O4. The molecule has 156 valence electrons. The van der Waals surface area contributed by atoms with Crippen molar-refractivity contribution in [1.82, 2.24) is 15.5 Å². The molecule has 0 aromatic carbocycles. The number of rotatable bonds is 6. The normalized spacial score (nSPS) is 30.1. The summed E-state index contributed by atoms with van der Waals surface area (Å²) in [5, 5.41) is 4.35. The van der Waals surface area contributed by atoms with Crippen molar-refractivity contribution in [3.05, 3.63) is 0 Å². The van der Waals surface area contributed by atoms with Gasteiger partial charge in [-0.1, -0.05) is 13.8 Å². The standard InChI is InChI=1S/C18H24F3N3O4/c1-8(7-25)22-14(26)13-11-10(17(11,2)3)6-24(13)15(27)12(9-4-5-9)23-16(28)18(19,20)21/h7-13H,4-6H2,1-3H3,(H,22,26)(H,23,28)/t8-,10-,11-,12-,13-/m0/s1. The third kappa shape index (κ3) is 3.60. The first kappa shape index (κ1) is 20.6. The van der Waals surface area contributed by atoms with Crippen LogP contribution in [-0.4, -0.2) is 59.8 Å². The van der Waals surface area contributed by atoms with Gasteiger partial charge in [-0.2, -0.15) is 13.2 Å². The van der Waals surface area contributed by atoms with Gasteiger partial charge in [-0.25, -0.2) is 0 Å². The molecule has 3 aliphatic rings. The van der Waals surface area contributed by atoms with E-state index in [1.54, 1.807) is 0 Å². The van der Waals surface area contributed by atoms with Crippen molar-refractivity contribution in [2.75, 3.05) is 6.54 Å². The van der Waals surface area contributed by atoms with Crippen LogP contribution in [0.4, 0.5) is 13.2 Å². The highest BCUT2D eigenvalue weighted by Crippen LogP contribution is 2.65. The second kappa shape index (κ2) is 6.73. The first-order valence-electron chi connectivity index (χ1n) is 9.33. The number of nitrogens with one attached hydrogen (secondary N) is 2. The second-order valence-corrected chi connectivity index (χ2v) is 8.61. The fraction of sp³-hybridized carbons (Fsp3) is 0.778. The van der Waals surface area contributed by atoms with E-state index in [0.717, 1.165) is 0 Å². The van der Waals surface area contributed by atoms with Gasteiger partial charge in [0.1, 0.15) is 18.4 Å². The zero-order chi connectivity index (χ0) is 21.0. The Morgan fingerprint density at radius 3 is 2.29 bits per heavy atom. The molecule has 1 saturated heterocycles. The summed E-state index contributed by atoms with van der Waals surface area (Å²) in [7, 11) is 0. The molecule has 0 aromatic heterocycles. The molecule has 2 saturated carbocycles. The Labute approximate surface area is 160 Å². The smallest absolute Gasteiger partial charge is 0.345 e. The van der Waals surface area contributed by atoms with Crippen LogP contribution in [0.2, 0.25) is 0 Å². The number of hydrogen-bond acceptors (Lipinski definition) is 4. The van der Waals surface area contributed by atoms with E-state index >= 15 is 0 Å². The van der Waals surface area contributed by atoms with Crippen molar-refractivity contribution in [2.45, 2.75) is 57.9 Å². The first-order chi connectivity index (χ1) is 12.9. The van der Waals surface area contributed by atoms with Crippen molar-refractivity contribution in [3.63, 3.8) is 0 Å². The summed E-state index contributed by atoms with van der Waals surface area (Å²) in [4.78, 5) is 49.3. The highest BCUT2D eigenvalue weighted by Gasteiger charge is 2.69. The molecule has 3 rings (SSSR count). The lowest BCUT2D eigenvalue weighted by molar-refractivity contribution is -0.175. The Morgan fingerprint density at radius 1 is 1.18 bits per heavy atom. The van der Waals surface area contributed by atoms with Crippen LogP contribution in [0.5, 0.6) is 0 Å². The largest absolute Gasteiger partial charge is 0.471 e. The Balaban J connectivity index is 1.79. The van der Waals surface area contributed by atoms with Crippen LogP contribution in [0.15, 0.2) is 0 Å². The second-order valence-electron chi connectivity index (χ2n) is 8.61. The van der Waals surface area contributed by atoms with Gasteiger partial charge >= 0.3 is 12.1 Å². The summed E-state index contributed by atoms with van der Waals surface area (Å²) in [5.74, 6) is -3.76. The molecule has 0 unspecified atom stereocenters. The van der Waals surface area contributed by atoms with Crippen molar-refractivity contribution in [1.29, 1.82) is 0 Å². The molecule has 1 aliphatic heterocycles. The Bertz CT molecular complexity index is 705. The van der Waals surface area contributed by atoms with Crippen LogP contribution in [0.1, 0.15) is 33.6 Å². The van der Waals surface area contributed by atoms with Crippen molar-refractivity contribution in [3.8, 4) is 0 Å². The maximum Gasteiger partial charge on any atom is 0.471 e.